The van der Waals surface area contributed by atoms with E-state index in [-0.39, 0.29) is 23.7 Å². The fourth-order valence-corrected chi connectivity index (χ4v) is 2.85. The van der Waals surface area contributed by atoms with Crippen molar-refractivity contribution in [2.45, 2.75) is 31.6 Å². The van der Waals surface area contributed by atoms with E-state index in [2.05, 4.69) is 5.32 Å². The minimum atomic E-state index is -0.355. The number of aryl methyl sites for hydroxylation is 1. The Bertz CT molecular complexity index is 558. The van der Waals surface area contributed by atoms with Crippen molar-refractivity contribution < 1.29 is 14.3 Å². The number of fused-ring (bicyclic) bond motifs is 2. The molecule has 1 N–H and O–H groups in total. The Morgan fingerprint density at radius 3 is 2.78 bits per heavy atom. The Hall–Kier alpha value is -1.84. The van der Waals surface area contributed by atoms with Gasteiger partial charge in [-0.15, -0.1) is 0 Å². The molecule has 4 nitrogen and oxygen atoms in total. The van der Waals surface area contributed by atoms with Gasteiger partial charge in [0, 0.05) is 5.69 Å². The molecule has 0 aromatic heterocycles. The zero-order chi connectivity index (χ0) is 12.9. The number of nitrogens with one attached hydrogen (secondary N) is 1. The second-order valence-corrected chi connectivity index (χ2v) is 5.14. The molecular formula is C14H15NO3. The molecule has 1 aromatic carbocycles. The van der Waals surface area contributed by atoms with E-state index in [1.54, 1.807) is 0 Å². The summed E-state index contributed by atoms with van der Waals surface area (Å²) in [6, 6.07) is 3.96. The average Bonchev–Trinajstić information content (AvgIpc) is 3.04. The number of hydrogen-bond donors (Lipinski definition) is 1. The van der Waals surface area contributed by atoms with Gasteiger partial charge in [0.2, 0.25) is 5.91 Å². The number of hydrogen-bond acceptors (Lipinski definition) is 3. The second-order valence-electron chi connectivity index (χ2n) is 5.14. The van der Waals surface area contributed by atoms with E-state index in [1.165, 1.54) is 7.11 Å². The van der Waals surface area contributed by atoms with Crippen LogP contribution in [0.2, 0.25) is 0 Å². The number of ether oxygens (including phenoxy) is 1. The van der Waals surface area contributed by atoms with Crippen LogP contribution in [-0.4, -0.2) is 19.0 Å². The third-order valence-electron chi connectivity index (χ3n) is 3.84. The van der Waals surface area contributed by atoms with Crippen LogP contribution < -0.4 is 5.32 Å². The van der Waals surface area contributed by atoms with Gasteiger partial charge in [0.15, 0.2) is 0 Å². The van der Waals surface area contributed by atoms with Crippen LogP contribution in [0.15, 0.2) is 12.1 Å². The second kappa shape index (κ2) is 3.57. The van der Waals surface area contributed by atoms with Crippen molar-refractivity contribution in [2.24, 2.45) is 0 Å². The quantitative estimate of drug-likeness (QED) is 0.807. The standard InChI is InChI=1S/C14H15NO3/c1-8-5-9(7-11(16)18-2)12-10(6-8)15-13(17)14(12)3-4-14/h5-6H,3-4,7H2,1-2H3,(H,15,17). The minimum absolute atomic E-state index is 0.0780. The van der Waals surface area contributed by atoms with Gasteiger partial charge in [-0.25, -0.2) is 0 Å². The van der Waals surface area contributed by atoms with Crippen LogP contribution in [0.5, 0.6) is 0 Å². The van der Waals surface area contributed by atoms with Crippen LogP contribution in [0.1, 0.15) is 29.5 Å². The summed E-state index contributed by atoms with van der Waals surface area (Å²) in [7, 11) is 1.38. The monoisotopic (exact) mass is 245 g/mol. The third-order valence-corrected chi connectivity index (χ3v) is 3.84. The van der Waals surface area contributed by atoms with E-state index < -0.39 is 0 Å². The summed E-state index contributed by atoms with van der Waals surface area (Å²) in [6.45, 7) is 1.96. The van der Waals surface area contributed by atoms with Crippen LogP contribution in [0.25, 0.3) is 0 Å². The Kier molecular flexibility index (Phi) is 2.24. The Morgan fingerprint density at radius 2 is 2.17 bits per heavy atom. The van der Waals surface area contributed by atoms with Crippen molar-refractivity contribution in [1.82, 2.24) is 0 Å². The molecule has 1 aliphatic heterocycles. The normalized spacial score (nSPS) is 18.4. The maximum Gasteiger partial charge on any atom is 0.309 e. The molecule has 1 spiro atoms. The third kappa shape index (κ3) is 1.45. The smallest absolute Gasteiger partial charge is 0.309 e. The molecule has 18 heavy (non-hydrogen) atoms. The first-order chi connectivity index (χ1) is 8.56. The predicted octanol–water partition coefficient (Wildman–Crippen LogP) is 1.69. The molecule has 0 unspecified atom stereocenters. The summed E-state index contributed by atoms with van der Waals surface area (Å²) in [4.78, 5) is 23.5. The van der Waals surface area contributed by atoms with E-state index in [0.29, 0.717) is 0 Å². The first-order valence-corrected chi connectivity index (χ1v) is 6.09. The molecule has 1 heterocycles. The average molecular weight is 245 g/mol. The molecule has 1 saturated carbocycles. The zero-order valence-corrected chi connectivity index (χ0v) is 10.5. The van der Waals surface area contributed by atoms with Gasteiger partial charge in [-0.1, -0.05) is 6.07 Å². The van der Waals surface area contributed by atoms with Gasteiger partial charge in [0.05, 0.1) is 18.9 Å². The van der Waals surface area contributed by atoms with Crippen molar-refractivity contribution in [3.8, 4) is 0 Å². The van der Waals surface area contributed by atoms with E-state index in [1.807, 2.05) is 19.1 Å². The van der Waals surface area contributed by atoms with E-state index in [9.17, 15) is 9.59 Å². The van der Waals surface area contributed by atoms with Crippen molar-refractivity contribution in [1.29, 1.82) is 0 Å². The SMILES string of the molecule is COC(=O)Cc1cc(C)cc2c1C1(CC1)C(=O)N2. The molecular weight excluding hydrogens is 230 g/mol. The van der Waals surface area contributed by atoms with Gasteiger partial charge >= 0.3 is 5.97 Å². The van der Waals surface area contributed by atoms with E-state index in [4.69, 9.17) is 4.74 Å². The van der Waals surface area contributed by atoms with E-state index in [0.717, 1.165) is 35.2 Å². The molecule has 0 atom stereocenters. The van der Waals surface area contributed by atoms with Crippen molar-refractivity contribution in [3.05, 3.63) is 28.8 Å². The van der Waals surface area contributed by atoms with Crippen LogP contribution >= 0.6 is 0 Å². The fourth-order valence-electron chi connectivity index (χ4n) is 2.85. The summed E-state index contributed by atoms with van der Waals surface area (Å²) in [5, 5.41) is 2.93. The van der Waals surface area contributed by atoms with Crippen LogP contribution in [0.4, 0.5) is 5.69 Å². The van der Waals surface area contributed by atoms with Gasteiger partial charge in [-0.05, 0) is 42.5 Å². The van der Waals surface area contributed by atoms with Gasteiger partial charge in [-0.3, -0.25) is 9.59 Å². The molecule has 0 radical (unpaired) electrons. The first kappa shape index (κ1) is 11.3. The lowest BCUT2D eigenvalue weighted by molar-refractivity contribution is -0.139. The summed E-state index contributed by atoms with van der Waals surface area (Å²) in [6.07, 6.45) is 1.99. The molecule has 1 amide bonds. The van der Waals surface area contributed by atoms with Gasteiger partial charge in [0.25, 0.3) is 0 Å². The highest BCUT2D eigenvalue weighted by Gasteiger charge is 2.57. The topological polar surface area (TPSA) is 55.4 Å². The van der Waals surface area contributed by atoms with Crippen LogP contribution in [0, 0.1) is 6.92 Å². The highest BCUT2D eigenvalue weighted by atomic mass is 16.5. The molecule has 3 rings (SSSR count). The number of benzene rings is 1. The van der Waals surface area contributed by atoms with Crippen LogP contribution in [0.3, 0.4) is 0 Å². The molecule has 0 saturated heterocycles. The Morgan fingerprint density at radius 1 is 1.44 bits per heavy atom. The molecule has 1 aliphatic carbocycles. The summed E-state index contributed by atoms with van der Waals surface area (Å²) in [5.41, 5.74) is 3.50. The Labute approximate surface area is 105 Å². The summed E-state index contributed by atoms with van der Waals surface area (Å²) in [5.74, 6) is -0.188. The van der Waals surface area contributed by atoms with Crippen LogP contribution in [-0.2, 0) is 26.2 Å². The van der Waals surface area contributed by atoms with Gasteiger partial charge in [0.1, 0.15) is 0 Å². The first-order valence-electron chi connectivity index (χ1n) is 6.09. The lowest BCUT2D eigenvalue weighted by Crippen LogP contribution is -2.20. The summed E-state index contributed by atoms with van der Waals surface area (Å²) < 4.78 is 4.72. The number of rotatable bonds is 2. The lowest BCUT2D eigenvalue weighted by atomic mass is 9.90. The number of amides is 1. The maximum atomic E-state index is 12.0. The molecule has 1 aromatic rings. The molecule has 1 fully saturated rings. The molecule has 94 valence electrons. The number of methoxy groups -OCH3 is 1. The lowest BCUT2D eigenvalue weighted by Gasteiger charge is -2.12. The van der Waals surface area contributed by atoms with Gasteiger partial charge < -0.3 is 10.1 Å². The molecule has 0 bridgehead atoms. The number of esters is 1. The minimum Gasteiger partial charge on any atom is -0.469 e. The predicted molar refractivity (Wildman–Crippen MR) is 66.4 cm³/mol. The Balaban J connectivity index is 2.10. The highest BCUT2D eigenvalue weighted by Crippen LogP contribution is 2.56. The number of anilines is 1. The fraction of sp³-hybridized carbons (Fsp3) is 0.429. The van der Waals surface area contributed by atoms with Gasteiger partial charge in [-0.2, -0.15) is 0 Å². The number of carbonyl (C=O) groups is 2. The highest BCUT2D eigenvalue weighted by molar-refractivity contribution is 6.09. The summed E-state index contributed by atoms with van der Waals surface area (Å²) >= 11 is 0. The van der Waals surface area contributed by atoms with Crippen molar-refractivity contribution in [2.75, 3.05) is 12.4 Å². The maximum absolute atomic E-state index is 12.0. The number of carbonyl (C=O) groups excluding carboxylic acids is 2. The van der Waals surface area contributed by atoms with Crippen molar-refractivity contribution >= 4 is 17.6 Å². The van der Waals surface area contributed by atoms with Crippen molar-refractivity contribution in [3.63, 3.8) is 0 Å². The van der Waals surface area contributed by atoms with E-state index >= 15 is 0 Å². The molecule has 4 heteroatoms. The molecule has 2 aliphatic rings. The zero-order valence-electron chi connectivity index (χ0n) is 10.5. The largest absolute Gasteiger partial charge is 0.469 e.